The van der Waals surface area contributed by atoms with Gasteiger partial charge in [-0.15, -0.1) is 0 Å². The molecule has 0 fully saturated rings. The van der Waals surface area contributed by atoms with E-state index in [0.717, 1.165) is 12.5 Å². The Morgan fingerprint density at radius 1 is 1.40 bits per heavy atom. The number of nitrogens with two attached hydrogens (primary N) is 1. The summed E-state index contributed by atoms with van der Waals surface area (Å²) in [5.74, 6) is -0.794. The molecule has 0 aliphatic rings. The minimum atomic E-state index is -0.574. The largest absolute Gasteiger partial charge is 0.382 e. The molecule has 0 radical (unpaired) electrons. The normalized spacial score (nSPS) is 11.7. The fourth-order valence-electron chi connectivity index (χ4n) is 1.62. The van der Waals surface area contributed by atoms with Gasteiger partial charge in [-0.25, -0.2) is 8.78 Å². The smallest absolute Gasteiger partial charge is 0.188 e. The van der Waals surface area contributed by atoms with Gasteiger partial charge in [-0.3, -0.25) is 4.99 Å². The van der Waals surface area contributed by atoms with Crippen molar-refractivity contribution in [2.75, 3.05) is 26.3 Å². The quantitative estimate of drug-likeness (QED) is 0.435. The van der Waals surface area contributed by atoms with Gasteiger partial charge in [0.05, 0.1) is 0 Å². The third-order valence-electron chi connectivity index (χ3n) is 2.65. The summed E-state index contributed by atoms with van der Waals surface area (Å²) in [5, 5.41) is 2.89. The summed E-state index contributed by atoms with van der Waals surface area (Å²) in [5.41, 5.74) is 6.11. The van der Waals surface area contributed by atoms with Gasteiger partial charge in [-0.1, -0.05) is 6.07 Å². The fraction of sp³-hybridized carbons (Fsp3) is 0.500. The Bertz CT molecular complexity index is 438. The minimum Gasteiger partial charge on any atom is -0.382 e. The summed E-state index contributed by atoms with van der Waals surface area (Å²) in [6, 6.07) is 3.55. The zero-order chi connectivity index (χ0) is 14.8. The molecule has 20 heavy (non-hydrogen) atoms. The van der Waals surface area contributed by atoms with E-state index < -0.39 is 11.6 Å². The number of nitrogens with zero attached hydrogens (tertiary/aromatic N) is 1. The van der Waals surface area contributed by atoms with E-state index in [9.17, 15) is 8.78 Å². The average molecular weight is 285 g/mol. The maximum atomic E-state index is 13.4. The molecule has 1 aromatic rings. The van der Waals surface area contributed by atoms with Gasteiger partial charge < -0.3 is 15.8 Å². The maximum absolute atomic E-state index is 13.4. The number of rotatable bonds is 8. The van der Waals surface area contributed by atoms with Crippen molar-refractivity contribution in [2.45, 2.75) is 19.8 Å². The van der Waals surface area contributed by atoms with Gasteiger partial charge in [0.2, 0.25) is 0 Å². The first-order valence-electron chi connectivity index (χ1n) is 6.69. The SMILES string of the molecule is CCOCCCN=C(N)NCCc1ccc(F)cc1F. The van der Waals surface area contributed by atoms with E-state index in [2.05, 4.69) is 10.3 Å². The summed E-state index contributed by atoms with van der Waals surface area (Å²) in [4.78, 5) is 4.11. The van der Waals surface area contributed by atoms with Gasteiger partial charge in [-0.05, 0) is 31.4 Å². The highest BCUT2D eigenvalue weighted by atomic mass is 19.1. The standard InChI is InChI=1S/C14H21F2N3O/c1-2-20-9-3-7-18-14(17)19-8-6-11-4-5-12(15)10-13(11)16/h4-5,10H,2-3,6-9H2,1H3,(H3,17,18,19). The number of benzene rings is 1. The van der Waals surface area contributed by atoms with Crippen molar-refractivity contribution in [1.82, 2.24) is 5.32 Å². The molecular formula is C14H21F2N3O. The molecule has 0 saturated carbocycles. The molecule has 0 bridgehead atoms. The number of nitrogens with one attached hydrogen (secondary N) is 1. The van der Waals surface area contributed by atoms with E-state index in [1.54, 1.807) is 0 Å². The van der Waals surface area contributed by atoms with Gasteiger partial charge in [-0.2, -0.15) is 0 Å². The molecule has 0 unspecified atom stereocenters. The van der Waals surface area contributed by atoms with E-state index in [0.29, 0.717) is 44.2 Å². The Labute approximate surface area is 118 Å². The molecule has 0 aromatic heterocycles. The highest BCUT2D eigenvalue weighted by molar-refractivity contribution is 5.77. The summed E-state index contributed by atoms with van der Waals surface area (Å²) < 4.78 is 31.2. The van der Waals surface area contributed by atoms with Gasteiger partial charge in [0, 0.05) is 32.4 Å². The predicted octanol–water partition coefficient (Wildman–Crippen LogP) is 1.84. The van der Waals surface area contributed by atoms with Crippen LogP contribution in [0.4, 0.5) is 8.78 Å². The van der Waals surface area contributed by atoms with E-state index in [1.807, 2.05) is 6.92 Å². The Hall–Kier alpha value is -1.69. The van der Waals surface area contributed by atoms with Gasteiger partial charge in [0.25, 0.3) is 0 Å². The van der Waals surface area contributed by atoms with Crippen LogP contribution in [0.3, 0.4) is 0 Å². The van der Waals surface area contributed by atoms with Crippen molar-refractivity contribution >= 4 is 5.96 Å². The minimum absolute atomic E-state index is 0.323. The van der Waals surface area contributed by atoms with Crippen LogP contribution in [0.1, 0.15) is 18.9 Å². The average Bonchev–Trinajstić information content (AvgIpc) is 2.41. The molecule has 0 aliphatic heterocycles. The molecule has 0 spiro atoms. The Kier molecular flexibility index (Phi) is 7.57. The van der Waals surface area contributed by atoms with E-state index >= 15 is 0 Å². The fourth-order valence-corrected chi connectivity index (χ4v) is 1.62. The molecule has 1 rings (SSSR count). The molecule has 6 heteroatoms. The van der Waals surface area contributed by atoms with Crippen LogP contribution >= 0.6 is 0 Å². The number of ether oxygens (including phenoxy) is 1. The number of hydrogen-bond acceptors (Lipinski definition) is 2. The van der Waals surface area contributed by atoms with Crippen LogP contribution in [0, 0.1) is 11.6 Å². The lowest BCUT2D eigenvalue weighted by atomic mass is 10.1. The van der Waals surface area contributed by atoms with Crippen molar-refractivity contribution < 1.29 is 13.5 Å². The van der Waals surface area contributed by atoms with Gasteiger partial charge in [0.1, 0.15) is 11.6 Å². The summed E-state index contributed by atoms with van der Waals surface area (Å²) in [6.07, 6.45) is 1.23. The number of guanidine groups is 1. The van der Waals surface area contributed by atoms with Crippen molar-refractivity contribution in [3.8, 4) is 0 Å². The third kappa shape index (κ3) is 6.47. The highest BCUT2D eigenvalue weighted by Gasteiger charge is 2.03. The lowest BCUT2D eigenvalue weighted by molar-refractivity contribution is 0.146. The topological polar surface area (TPSA) is 59.6 Å². The van der Waals surface area contributed by atoms with Gasteiger partial charge >= 0.3 is 0 Å². The molecule has 0 aliphatic carbocycles. The van der Waals surface area contributed by atoms with Crippen LogP contribution in [0.2, 0.25) is 0 Å². The van der Waals surface area contributed by atoms with Crippen LogP contribution in [-0.2, 0) is 11.2 Å². The van der Waals surface area contributed by atoms with Crippen molar-refractivity contribution in [3.05, 3.63) is 35.4 Å². The molecule has 0 amide bonds. The first-order valence-corrected chi connectivity index (χ1v) is 6.69. The number of halogens is 2. The lowest BCUT2D eigenvalue weighted by Crippen LogP contribution is -2.33. The second-order valence-electron chi connectivity index (χ2n) is 4.23. The van der Waals surface area contributed by atoms with Crippen molar-refractivity contribution in [3.63, 3.8) is 0 Å². The van der Waals surface area contributed by atoms with Crippen LogP contribution in [0.15, 0.2) is 23.2 Å². The van der Waals surface area contributed by atoms with E-state index in [1.165, 1.54) is 12.1 Å². The highest BCUT2D eigenvalue weighted by Crippen LogP contribution is 2.09. The molecule has 0 saturated heterocycles. The Morgan fingerprint density at radius 2 is 2.20 bits per heavy atom. The van der Waals surface area contributed by atoms with E-state index in [-0.39, 0.29) is 0 Å². The molecule has 0 heterocycles. The Morgan fingerprint density at radius 3 is 2.90 bits per heavy atom. The Balaban J connectivity index is 2.24. The van der Waals surface area contributed by atoms with Crippen molar-refractivity contribution in [2.24, 2.45) is 10.7 Å². The zero-order valence-corrected chi connectivity index (χ0v) is 11.7. The zero-order valence-electron chi connectivity index (χ0n) is 11.7. The molecule has 0 atom stereocenters. The van der Waals surface area contributed by atoms with Crippen LogP contribution < -0.4 is 11.1 Å². The van der Waals surface area contributed by atoms with E-state index in [4.69, 9.17) is 10.5 Å². The molecule has 4 nitrogen and oxygen atoms in total. The summed E-state index contributed by atoms with van der Waals surface area (Å²) in [6.45, 7) is 4.33. The third-order valence-corrected chi connectivity index (χ3v) is 2.65. The first kappa shape index (κ1) is 16.4. The summed E-state index contributed by atoms with van der Waals surface area (Å²) >= 11 is 0. The molecule has 1 aromatic carbocycles. The predicted molar refractivity (Wildman–Crippen MR) is 75.7 cm³/mol. The monoisotopic (exact) mass is 285 g/mol. The number of hydrogen-bond donors (Lipinski definition) is 2. The van der Waals surface area contributed by atoms with Crippen LogP contribution in [-0.4, -0.2) is 32.3 Å². The van der Waals surface area contributed by atoms with Crippen LogP contribution in [0.25, 0.3) is 0 Å². The van der Waals surface area contributed by atoms with Crippen molar-refractivity contribution in [1.29, 1.82) is 0 Å². The maximum Gasteiger partial charge on any atom is 0.188 e. The number of aliphatic imine (C=N–C) groups is 1. The first-order chi connectivity index (χ1) is 9.63. The van der Waals surface area contributed by atoms with Gasteiger partial charge in [0.15, 0.2) is 5.96 Å². The second-order valence-corrected chi connectivity index (χ2v) is 4.23. The van der Waals surface area contributed by atoms with Crippen LogP contribution in [0.5, 0.6) is 0 Å². The molecule has 112 valence electrons. The lowest BCUT2D eigenvalue weighted by Gasteiger charge is -2.07. The summed E-state index contributed by atoms with van der Waals surface area (Å²) in [7, 11) is 0. The molecular weight excluding hydrogens is 264 g/mol. The molecule has 3 N–H and O–H groups in total. The second kappa shape index (κ2) is 9.25.